The van der Waals surface area contributed by atoms with Crippen LogP contribution in [0, 0.1) is 0 Å². The Kier molecular flexibility index (Phi) is 4.68. The zero-order chi connectivity index (χ0) is 13.7. The molecule has 0 atom stereocenters. The molecule has 2 N–H and O–H groups in total. The lowest BCUT2D eigenvalue weighted by atomic mass is 10.0. The molecule has 0 saturated heterocycles. The van der Waals surface area contributed by atoms with Crippen molar-refractivity contribution in [2.45, 2.75) is 26.2 Å². The molecule has 2 aromatic heterocycles. The van der Waals surface area contributed by atoms with Crippen molar-refractivity contribution in [2.75, 3.05) is 24.2 Å². The number of thiazole rings is 1. The Balaban J connectivity index is 2.07. The van der Waals surface area contributed by atoms with Gasteiger partial charge in [-0.2, -0.15) is 0 Å². The van der Waals surface area contributed by atoms with Gasteiger partial charge in [-0.05, 0) is 5.92 Å². The van der Waals surface area contributed by atoms with Crippen molar-refractivity contribution in [3.8, 4) is 0 Å². The van der Waals surface area contributed by atoms with Crippen LogP contribution in [0.25, 0.3) is 0 Å². The molecule has 2 heterocycles. The number of hydrogen-bond acceptors (Lipinski definition) is 6. The molecule has 0 unspecified atom stereocenters. The van der Waals surface area contributed by atoms with E-state index in [1.165, 1.54) is 0 Å². The fraction of sp³-hybridized carbons (Fsp3) is 0.462. The van der Waals surface area contributed by atoms with Gasteiger partial charge < -0.3 is 10.6 Å². The number of nitrogens with zero attached hydrogens (tertiary/aromatic N) is 3. The molecule has 19 heavy (non-hydrogen) atoms. The van der Waals surface area contributed by atoms with Crippen LogP contribution in [0.5, 0.6) is 0 Å². The minimum Gasteiger partial charge on any atom is -0.373 e. The zero-order valence-electron chi connectivity index (χ0n) is 11.5. The molecule has 2 rings (SSSR count). The molecule has 0 saturated carbocycles. The summed E-state index contributed by atoms with van der Waals surface area (Å²) >= 11 is 1.68. The minimum atomic E-state index is 0.367. The third kappa shape index (κ3) is 3.41. The maximum Gasteiger partial charge on any atom is 0.134 e. The summed E-state index contributed by atoms with van der Waals surface area (Å²) in [5, 5.41) is 9.64. The van der Waals surface area contributed by atoms with Crippen molar-refractivity contribution in [1.82, 2.24) is 15.0 Å². The largest absolute Gasteiger partial charge is 0.373 e. The molecule has 0 aliphatic carbocycles. The molecular weight excluding hydrogens is 258 g/mol. The van der Waals surface area contributed by atoms with Gasteiger partial charge in [-0.25, -0.2) is 15.0 Å². The first-order valence-electron chi connectivity index (χ1n) is 6.37. The molecule has 5 nitrogen and oxygen atoms in total. The van der Waals surface area contributed by atoms with Crippen LogP contribution in [0.1, 0.15) is 30.3 Å². The monoisotopic (exact) mass is 277 g/mol. The van der Waals surface area contributed by atoms with Gasteiger partial charge in [0, 0.05) is 37.2 Å². The van der Waals surface area contributed by atoms with E-state index in [2.05, 4.69) is 39.4 Å². The maximum absolute atomic E-state index is 4.35. The molecule has 2 aromatic rings. The smallest absolute Gasteiger partial charge is 0.134 e. The van der Waals surface area contributed by atoms with Crippen LogP contribution >= 0.6 is 11.3 Å². The molecule has 0 amide bonds. The highest BCUT2D eigenvalue weighted by Gasteiger charge is 2.13. The van der Waals surface area contributed by atoms with Gasteiger partial charge in [-0.3, -0.25) is 0 Å². The molecule has 0 bridgehead atoms. The Morgan fingerprint density at radius 3 is 2.63 bits per heavy atom. The standard InChI is InChI=1S/C13H19N5S/c1-9(2)11-12(14-3)17-8-18-13(11)16-5-4-10-15-6-7-19-10/h6-9H,4-5H2,1-3H3,(H2,14,16,17,18). The number of nitrogens with one attached hydrogen (secondary N) is 2. The van der Waals surface area contributed by atoms with E-state index in [4.69, 9.17) is 0 Å². The third-order valence-corrected chi connectivity index (χ3v) is 3.65. The molecule has 0 radical (unpaired) electrons. The van der Waals surface area contributed by atoms with E-state index in [1.54, 1.807) is 17.7 Å². The number of anilines is 2. The highest BCUT2D eigenvalue weighted by Crippen LogP contribution is 2.27. The van der Waals surface area contributed by atoms with Crippen LogP contribution in [0.2, 0.25) is 0 Å². The molecule has 0 aliphatic heterocycles. The van der Waals surface area contributed by atoms with Gasteiger partial charge in [-0.15, -0.1) is 11.3 Å². The van der Waals surface area contributed by atoms with Crippen LogP contribution in [0.3, 0.4) is 0 Å². The predicted molar refractivity (Wildman–Crippen MR) is 80.0 cm³/mol. The number of rotatable bonds is 6. The second-order valence-electron chi connectivity index (χ2n) is 4.49. The SMILES string of the molecule is CNc1ncnc(NCCc2nccs2)c1C(C)C. The van der Waals surface area contributed by atoms with Crippen molar-refractivity contribution in [3.05, 3.63) is 28.5 Å². The fourth-order valence-electron chi connectivity index (χ4n) is 1.95. The number of hydrogen-bond donors (Lipinski definition) is 2. The highest BCUT2D eigenvalue weighted by atomic mass is 32.1. The van der Waals surface area contributed by atoms with E-state index >= 15 is 0 Å². The summed E-state index contributed by atoms with van der Waals surface area (Å²) in [5.74, 6) is 2.17. The van der Waals surface area contributed by atoms with Gasteiger partial charge >= 0.3 is 0 Å². The van der Waals surface area contributed by atoms with E-state index in [1.807, 2.05) is 18.6 Å². The topological polar surface area (TPSA) is 62.7 Å². The number of aromatic nitrogens is 3. The van der Waals surface area contributed by atoms with Crippen molar-refractivity contribution in [2.24, 2.45) is 0 Å². The summed E-state index contributed by atoms with van der Waals surface area (Å²) in [6.07, 6.45) is 4.33. The first-order valence-corrected chi connectivity index (χ1v) is 7.25. The van der Waals surface area contributed by atoms with Gasteiger partial charge in [0.25, 0.3) is 0 Å². The minimum absolute atomic E-state index is 0.367. The van der Waals surface area contributed by atoms with Crippen molar-refractivity contribution in [1.29, 1.82) is 0 Å². The van der Waals surface area contributed by atoms with Crippen molar-refractivity contribution < 1.29 is 0 Å². The Hall–Kier alpha value is -1.69. The lowest BCUT2D eigenvalue weighted by Crippen LogP contribution is -2.12. The lowest BCUT2D eigenvalue weighted by molar-refractivity contribution is 0.844. The van der Waals surface area contributed by atoms with Crippen molar-refractivity contribution in [3.63, 3.8) is 0 Å². The van der Waals surface area contributed by atoms with E-state index in [0.717, 1.165) is 35.2 Å². The zero-order valence-corrected chi connectivity index (χ0v) is 12.3. The summed E-state index contributed by atoms with van der Waals surface area (Å²) in [5.41, 5.74) is 1.13. The molecular formula is C13H19N5S. The van der Waals surface area contributed by atoms with Crippen LogP contribution in [0.15, 0.2) is 17.9 Å². The van der Waals surface area contributed by atoms with Crippen LogP contribution in [0.4, 0.5) is 11.6 Å². The van der Waals surface area contributed by atoms with Crippen molar-refractivity contribution >= 4 is 23.0 Å². The van der Waals surface area contributed by atoms with Gasteiger partial charge in [0.1, 0.15) is 18.0 Å². The highest BCUT2D eigenvalue weighted by molar-refractivity contribution is 7.09. The average Bonchev–Trinajstić information content (AvgIpc) is 2.91. The van der Waals surface area contributed by atoms with E-state index in [0.29, 0.717) is 5.92 Å². The Bertz CT molecular complexity index is 510. The van der Waals surface area contributed by atoms with Crippen LogP contribution in [-0.4, -0.2) is 28.5 Å². The first-order chi connectivity index (χ1) is 9.22. The maximum atomic E-state index is 4.35. The van der Waals surface area contributed by atoms with Crippen LogP contribution < -0.4 is 10.6 Å². The molecule has 0 aromatic carbocycles. The summed E-state index contributed by atoms with van der Waals surface area (Å²) in [4.78, 5) is 12.9. The Morgan fingerprint density at radius 2 is 2.00 bits per heavy atom. The third-order valence-electron chi connectivity index (χ3n) is 2.81. The van der Waals surface area contributed by atoms with Gasteiger partial charge in [0.05, 0.1) is 5.01 Å². The van der Waals surface area contributed by atoms with E-state index < -0.39 is 0 Å². The molecule has 6 heteroatoms. The summed E-state index contributed by atoms with van der Waals surface area (Å²) in [6, 6.07) is 0. The molecule has 0 spiro atoms. The fourth-order valence-corrected chi connectivity index (χ4v) is 2.57. The second kappa shape index (κ2) is 6.47. The predicted octanol–water partition coefficient (Wildman–Crippen LogP) is 2.75. The van der Waals surface area contributed by atoms with Gasteiger partial charge in [-0.1, -0.05) is 13.8 Å². The molecule has 0 fully saturated rings. The first kappa shape index (κ1) is 13.7. The van der Waals surface area contributed by atoms with Crippen LogP contribution in [-0.2, 0) is 6.42 Å². The summed E-state index contributed by atoms with van der Waals surface area (Å²) in [6.45, 7) is 5.12. The molecule has 102 valence electrons. The summed E-state index contributed by atoms with van der Waals surface area (Å²) < 4.78 is 0. The molecule has 0 aliphatic rings. The Labute approximate surface area is 117 Å². The normalized spacial score (nSPS) is 10.7. The van der Waals surface area contributed by atoms with E-state index in [9.17, 15) is 0 Å². The lowest BCUT2D eigenvalue weighted by Gasteiger charge is -2.16. The average molecular weight is 277 g/mol. The Morgan fingerprint density at radius 1 is 1.21 bits per heavy atom. The van der Waals surface area contributed by atoms with Gasteiger partial charge in [0.2, 0.25) is 0 Å². The summed E-state index contributed by atoms with van der Waals surface area (Å²) in [7, 11) is 1.88. The van der Waals surface area contributed by atoms with E-state index in [-0.39, 0.29) is 0 Å². The second-order valence-corrected chi connectivity index (χ2v) is 5.47. The quantitative estimate of drug-likeness (QED) is 0.850. The van der Waals surface area contributed by atoms with Gasteiger partial charge in [0.15, 0.2) is 0 Å².